The number of aryl methyl sites for hydroxylation is 1. The molecule has 0 aliphatic rings. The molecule has 0 radical (unpaired) electrons. The van der Waals surface area contributed by atoms with Crippen molar-refractivity contribution in [1.82, 2.24) is 10.1 Å². The number of nitrogens with zero attached hydrogens (tertiary/aromatic N) is 2. The van der Waals surface area contributed by atoms with E-state index in [-0.39, 0.29) is 0 Å². The Morgan fingerprint density at radius 3 is 2.40 bits per heavy atom. The van der Waals surface area contributed by atoms with Crippen molar-refractivity contribution in [1.29, 1.82) is 0 Å². The van der Waals surface area contributed by atoms with Crippen LogP contribution in [-0.2, 0) is 6.61 Å². The second kappa shape index (κ2) is 5.57. The highest BCUT2D eigenvalue weighted by molar-refractivity contribution is 5.55. The second-order valence-electron chi connectivity index (χ2n) is 4.44. The molecule has 0 saturated carbocycles. The minimum absolute atomic E-state index is 0.557. The molecule has 3 rings (SSSR count). The summed E-state index contributed by atoms with van der Waals surface area (Å²) in [5, 5.41) is 3.88. The lowest BCUT2D eigenvalue weighted by molar-refractivity contribution is 0.306. The minimum atomic E-state index is 0.557. The van der Waals surface area contributed by atoms with E-state index >= 15 is 0 Å². The van der Waals surface area contributed by atoms with Crippen LogP contribution >= 0.6 is 0 Å². The second-order valence-corrected chi connectivity index (χ2v) is 4.44. The van der Waals surface area contributed by atoms with E-state index in [1.54, 1.807) is 6.92 Å². The van der Waals surface area contributed by atoms with Crippen LogP contribution in [-0.4, -0.2) is 10.1 Å². The Labute approximate surface area is 117 Å². The van der Waals surface area contributed by atoms with Gasteiger partial charge in [-0.2, -0.15) is 4.98 Å². The van der Waals surface area contributed by atoms with E-state index in [4.69, 9.17) is 9.26 Å². The summed E-state index contributed by atoms with van der Waals surface area (Å²) in [4.78, 5) is 4.19. The van der Waals surface area contributed by atoms with E-state index in [1.165, 1.54) is 0 Å². The van der Waals surface area contributed by atoms with E-state index < -0.39 is 0 Å². The number of hydrogen-bond acceptors (Lipinski definition) is 4. The summed E-state index contributed by atoms with van der Waals surface area (Å²) in [6.45, 7) is 2.33. The molecule has 1 aromatic heterocycles. The van der Waals surface area contributed by atoms with E-state index in [2.05, 4.69) is 10.1 Å². The molecule has 0 bridgehead atoms. The van der Waals surface area contributed by atoms with Crippen molar-refractivity contribution in [2.24, 2.45) is 0 Å². The Bertz CT molecular complexity index is 675. The maximum Gasteiger partial charge on any atom is 0.223 e. The predicted molar refractivity (Wildman–Crippen MR) is 75.2 cm³/mol. The molecule has 1 heterocycles. The lowest BCUT2D eigenvalue weighted by atomic mass is 10.2. The number of hydrogen-bond donors (Lipinski definition) is 0. The molecule has 0 aliphatic heterocycles. The largest absolute Gasteiger partial charge is 0.489 e. The van der Waals surface area contributed by atoms with E-state index in [1.807, 2.05) is 54.6 Å². The van der Waals surface area contributed by atoms with Crippen LogP contribution in [0.5, 0.6) is 5.75 Å². The van der Waals surface area contributed by atoms with Crippen LogP contribution in [0.25, 0.3) is 11.4 Å². The molecule has 100 valence electrons. The number of rotatable bonds is 4. The molecule has 0 atom stereocenters. The Balaban J connectivity index is 1.67. The van der Waals surface area contributed by atoms with Gasteiger partial charge in [-0.15, -0.1) is 0 Å². The van der Waals surface area contributed by atoms with Gasteiger partial charge in [-0.05, 0) is 29.8 Å². The molecule has 20 heavy (non-hydrogen) atoms. The Hall–Kier alpha value is -2.62. The van der Waals surface area contributed by atoms with Crippen molar-refractivity contribution in [2.45, 2.75) is 13.5 Å². The molecule has 4 nitrogen and oxygen atoms in total. The van der Waals surface area contributed by atoms with Crippen LogP contribution in [0.1, 0.15) is 11.5 Å². The van der Waals surface area contributed by atoms with Crippen molar-refractivity contribution in [3.05, 3.63) is 66.1 Å². The standard InChI is InChI=1S/C16H14N2O2/c1-12-17-16(18-20-12)14-7-9-15(10-8-14)19-11-13-5-3-2-4-6-13/h2-10H,11H2,1H3. The molecule has 4 heteroatoms. The summed E-state index contributed by atoms with van der Waals surface area (Å²) in [7, 11) is 0. The molecular weight excluding hydrogens is 252 g/mol. The third kappa shape index (κ3) is 2.85. The summed E-state index contributed by atoms with van der Waals surface area (Å²) >= 11 is 0. The van der Waals surface area contributed by atoms with Crippen LogP contribution in [0.4, 0.5) is 0 Å². The van der Waals surface area contributed by atoms with Crippen molar-refractivity contribution >= 4 is 0 Å². The first-order valence-electron chi connectivity index (χ1n) is 6.39. The molecular formula is C16H14N2O2. The lowest BCUT2D eigenvalue weighted by Gasteiger charge is -2.06. The predicted octanol–water partition coefficient (Wildman–Crippen LogP) is 3.62. The third-order valence-corrected chi connectivity index (χ3v) is 2.89. The lowest BCUT2D eigenvalue weighted by Crippen LogP contribution is -1.94. The molecule has 0 saturated heterocycles. The fourth-order valence-electron chi connectivity index (χ4n) is 1.86. The van der Waals surface area contributed by atoms with Gasteiger partial charge in [0.15, 0.2) is 0 Å². The summed E-state index contributed by atoms with van der Waals surface area (Å²) in [5.41, 5.74) is 2.05. The smallest absolute Gasteiger partial charge is 0.223 e. The summed E-state index contributed by atoms with van der Waals surface area (Å²) in [5.74, 6) is 1.97. The van der Waals surface area contributed by atoms with E-state index in [0.717, 1.165) is 16.9 Å². The average Bonchev–Trinajstić information content (AvgIpc) is 2.93. The van der Waals surface area contributed by atoms with Gasteiger partial charge in [0.1, 0.15) is 12.4 Å². The Kier molecular flexibility index (Phi) is 3.46. The van der Waals surface area contributed by atoms with Gasteiger partial charge in [0.2, 0.25) is 11.7 Å². The van der Waals surface area contributed by atoms with Gasteiger partial charge in [-0.25, -0.2) is 0 Å². The summed E-state index contributed by atoms with van der Waals surface area (Å²) < 4.78 is 10.7. The molecule has 3 aromatic rings. The molecule has 0 aliphatic carbocycles. The Morgan fingerprint density at radius 1 is 1.00 bits per heavy atom. The number of ether oxygens (including phenoxy) is 1. The zero-order chi connectivity index (χ0) is 13.8. The Morgan fingerprint density at radius 2 is 1.75 bits per heavy atom. The molecule has 0 fully saturated rings. The molecule has 2 aromatic carbocycles. The zero-order valence-electron chi connectivity index (χ0n) is 11.1. The maximum absolute atomic E-state index is 5.72. The van der Waals surface area contributed by atoms with E-state index in [0.29, 0.717) is 18.3 Å². The highest BCUT2D eigenvalue weighted by atomic mass is 16.5. The topological polar surface area (TPSA) is 48.2 Å². The maximum atomic E-state index is 5.72. The normalized spacial score (nSPS) is 10.4. The molecule has 0 unspecified atom stereocenters. The van der Waals surface area contributed by atoms with Crippen LogP contribution in [0.3, 0.4) is 0 Å². The summed E-state index contributed by atoms with van der Waals surface area (Å²) in [6.07, 6.45) is 0. The van der Waals surface area contributed by atoms with Gasteiger partial charge < -0.3 is 9.26 Å². The van der Waals surface area contributed by atoms with E-state index in [9.17, 15) is 0 Å². The van der Waals surface area contributed by atoms with Gasteiger partial charge in [0.25, 0.3) is 0 Å². The highest BCUT2D eigenvalue weighted by Crippen LogP contribution is 2.20. The highest BCUT2D eigenvalue weighted by Gasteiger charge is 2.05. The first-order valence-corrected chi connectivity index (χ1v) is 6.39. The first kappa shape index (κ1) is 12.4. The number of aromatic nitrogens is 2. The minimum Gasteiger partial charge on any atom is -0.489 e. The van der Waals surface area contributed by atoms with Gasteiger partial charge in [-0.3, -0.25) is 0 Å². The average molecular weight is 266 g/mol. The first-order chi connectivity index (χ1) is 9.81. The molecule has 0 spiro atoms. The van der Waals surface area contributed by atoms with Gasteiger partial charge in [0.05, 0.1) is 0 Å². The fraction of sp³-hybridized carbons (Fsp3) is 0.125. The third-order valence-electron chi connectivity index (χ3n) is 2.89. The molecule has 0 amide bonds. The van der Waals surface area contributed by atoms with Crippen molar-refractivity contribution < 1.29 is 9.26 Å². The van der Waals surface area contributed by atoms with Gasteiger partial charge >= 0.3 is 0 Å². The van der Waals surface area contributed by atoms with Crippen molar-refractivity contribution in [3.8, 4) is 17.1 Å². The van der Waals surface area contributed by atoms with Crippen LogP contribution < -0.4 is 4.74 Å². The number of benzene rings is 2. The van der Waals surface area contributed by atoms with Crippen LogP contribution in [0.15, 0.2) is 59.1 Å². The molecule has 0 N–H and O–H groups in total. The monoisotopic (exact) mass is 266 g/mol. The van der Waals surface area contributed by atoms with Crippen molar-refractivity contribution in [2.75, 3.05) is 0 Å². The fourth-order valence-corrected chi connectivity index (χ4v) is 1.86. The van der Waals surface area contributed by atoms with Crippen LogP contribution in [0, 0.1) is 6.92 Å². The van der Waals surface area contributed by atoms with Crippen LogP contribution in [0.2, 0.25) is 0 Å². The van der Waals surface area contributed by atoms with Gasteiger partial charge in [0, 0.05) is 12.5 Å². The van der Waals surface area contributed by atoms with Gasteiger partial charge in [-0.1, -0.05) is 35.5 Å². The van der Waals surface area contributed by atoms with Crippen molar-refractivity contribution in [3.63, 3.8) is 0 Å². The SMILES string of the molecule is Cc1nc(-c2ccc(OCc3ccccc3)cc2)no1. The quantitative estimate of drug-likeness (QED) is 0.723. The summed E-state index contributed by atoms with van der Waals surface area (Å²) in [6, 6.07) is 17.7. The zero-order valence-corrected chi connectivity index (χ0v) is 11.1.